The second-order valence-electron chi connectivity index (χ2n) is 3.43. The molecule has 0 fully saturated rings. The predicted molar refractivity (Wildman–Crippen MR) is 65.7 cm³/mol. The van der Waals surface area contributed by atoms with Crippen LogP contribution < -0.4 is 10.5 Å². The number of hydrogen-bond donors (Lipinski definition) is 1. The van der Waals surface area contributed by atoms with Crippen molar-refractivity contribution in [3.05, 3.63) is 52.9 Å². The summed E-state index contributed by atoms with van der Waals surface area (Å²) < 4.78 is 5.50. The minimum atomic E-state index is 0.344. The first kappa shape index (κ1) is 11.8. The third kappa shape index (κ3) is 3.15. The number of nitrogens with two attached hydrogens (primary N) is 1. The van der Waals surface area contributed by atoms with Gasteiger partial charge in [-0.1, -0.05) is 29.8 Å². The van der Waals surface area contributed by atoms with Crippen LogP contribution in [0.5, 0.6) is 5.88 Å². The molecule has 0 saturated carbocycles. The van der Waals surface area contributed by atoms with Crippen molar-refractivity contribution >= 4 is 11.6 Å². The van der Waals surface area contributed by atoms with Crippen molar-refractivity contribution in [2.24, 2.45) is 5.73 Å². The molecule has 2 rings (SSSR count). The molecule has 0 aliphatic heterocycles. The summed E-state index contributed by atoms with van der Waals surface area (Å²) in [5, 5.41) is 0.676. The molecule has 5 heteroatoms. The third-order valence-electron chi connectivity index (χ3n) is 2.20. The predicted octanol–water partition coefficient (Wildman–Crippen LogP) is 2.17. The van der Waals surface area contributed by atoms with Gasteiger partial charge in [-0.3, -0.25) is 4.98 Å². The van der Waals surface area contributed by atoms with Gasteiger partial charge in [0, 0.05) is 23.3 Å². The molecule has 0 bridgehead atoms. The van der Waals surface area contributed by atoms with E-state index in [9.17, 15) is 0 Å². The average Bonchev–Trinajstić information content (AvgIpc) is 2.38. The summed E-state index contributed by atoms with van der Waals surface area (Å²) in [4.78, 5) is 8.17. The van der Waals surface area contributed by atoms with Gasteiger partial charge in [-0.25, -0.2) is 4.98 Å². The lowest BCUT2D eigenvalue weighted by molar-refractivity contribution is 0.291. The zero-order valence-corrected chi connectivity index (χ0v) is 9.89. The van der Waals surface area contributed by atoms with E-state index in [1.165, 1.54) is 0 Å². The van der Waals surface area contributed by atoms with Gasteiger partial charge in [0.15, 0.2) is 0 Å². The summed E-state index contributed by atoms with van der Waals surface area (Å²) in [6.45, 7) is 0.707. The highest BCUT2D eigenvalue weighted by atomic mass is 35.5. The van der Waals surface area contributed by atoms with Gasteiger partial charge in [-0.2, -0.15) is 0 Å². The SMILES string of the molecule is NCc1cncc(OCc2ccccc2Cl)n1. The van der Waals surface area contributed by atoms with Crippen LogP contribution in [0, 0.1) is 0 Å². The molecular formula is C12H12ClN3O. The maximum atomic E-state index is 6.01. The molecule has 0 radical (unpaired) electrons. The van der Waals surface area contributed by atoms with Crippen LogP contribution in [0.4, 0.5) is 0 Å². The maximum Gasteiger partial charge on any atom is 0.232 e. The van der Waals surface area contributed by atoms with Crippen LogP contribution in [0.1, 0.15) is 11.3 Å². The molecule has 4 nitrogen and oxygen atoms in total. The van der Waals surface area contributed by atoms with Crippen molar-refractivity contribution in [1.29, 1.82) is 0 Å². The van der Waals surface area contributed by atoms with Crippen molar-refractivity contribution in [3.63, 3.8) is 0 Å². The molecule has 0 saturated heterocycles. The fourth-order valence-electron chi connectivity index (χ4n) is 1.32. The topological polar surface area (TPSA) is 61.0 Å². The fourth-order valence-corrected chi connectivity index (χ4v) is 1.51. The number of benzene rings is 1. The van der Waals surface area contributed by atoms with Gasteiger partial charge in [0.1, 0.15) is 6.61 Å². The Labute approximate surface area is 104 Å². The highest BCUT2D eigenvalue weighted by Crippen LogP contribution is 2.17. The molecule has 1 heterocycles. The van der Waals surface area contributed by atoms with Crippen molar-refractivity contribution < 1.29 is 4.74 Å². The van der Waals surface area contributed by atoms with Crippen molar-refractivity contribution in [3.8, 4) is 5.88 Å². The van der Waals surface area contributed by atoms with Crippen LogP contribution in [-0.4, -0.2) is 9.97 Å². The minimum absolute atomic E-state index is 0.344. The van der Waals surface area contributed by atoms with E-state index in [1.54, 1.807) is 12.4 Å². The number of halogens is 1. The Morgan fingerprint density at radius 3 is 2.82 bits per heavy atom. The van der Waals surface area contributed by atoms with E-state index in [1.807, 2.05) is 24.3 Å². The zero-order chi connectivity index (χ0) is 12.1. The quantitative estimate of drug-likeness (QED) is 0.902. The second kappa shape index (κ2) is 5.61. The molecule has 1 aromatic heterocycles. The van der Waals surface area contributed by atoms with E-state index in [-0.39, 0.29) is 0 Å². The molecule has 0 unspecified atom stereocenters. The molecule has 2 aromatic rings. The largest absolute Gasteiger partial charge is 0.472 e. The maximum absolute atomic E-state index is 6.01. The lowest BCUT2D eigenvalue weighted by Gasteiger charge is -2.07. The molecule has 1 aromatic carbocycles. The lowest BCUT2D eigenvalue weighted by atomic mass is 10.2. The molecule has 0 spiro atoms. The van der Waals surface area contributed by atoms with Crippen molar-refractivity contribution in [2.45, 2.75) is 13.2 Å². The zero-order valence-electron chi connectivity index (χ0n) is 9.14. The normalized spacial score (nSPS) is 10.2. The van der Waals surface area contributed by atoms with Crippen LogP contribution >= 0.6 is 11.6 Å². The number of rotatable bonds is 4. The smallest absolute Gasteiger partial charge is 0.232 e. The molecule has 0 aliphatic rings. The van der Waals surface area contributed by atoms with Crippen LogP contribution in [-0.2, 0) is 13.2 Å². The van der Waals surface area contributed by atoms with E-state index < -0.39 is 0 Å². The Morgan fingerprint density at radius 2 is 2.06 bits per heavy atom. The molecule has 2 N–H and O–H groups in total. The van der Waals surface area contributed by atoms with Crippen molar-refractivity contribution in [1.82, 2.24) is 9.97 Å². The van der Waals surface area contributed by atoms with Gasteiger partial charge in [0.05, 0.1) is 11.9 Å². The Balaban J connectivity index is 2.05. The Bertz CT molecular complexity index is 505. The first-order valence-corrected chi connectivity index (χ1v) is 5.54. The van der Waals surface area contributed by atoms with E-state index in [0.717, 1.165) is 5.56 Å². The van der Waals surface area contributed by atoms with Gasteiger partial charge in [-0.15, -0.1) is 0 Å². The number of nitrogens with zero attached hydrogens (tertiary/aromatic N) is 2. The van der Waals surface area contributed by atoms with Gasteiger partial charge >= 0.3 is 0 Å². The number of hydrogen-bond acceptors (Lipinski definition) is 4. The molecule has 17 heavy (non-hydrogen) atoms. The van der Waals surface area contributed by atoms with E-state index >= 15 is 0 Å². The molecular weight excluding hydrogens is 238 g/mol. The van der Waals surface area contributed by atoms with Crippen LogP contribution in [0.3, 0.4) is 0 Å². The molecule has 88 valence electrons. The summed E-state index contributed by atoms with van der Waals surface area (Å²) in [5.41, 5.74) is 7.08. The van der Waals surface area contributed by atoms with Crippen LogP contribution in [0.25, 0.3) is 0 Å². The second-order valence-corrected chi connectivity index (χ2v) is 3.84. The Kier molecular flexibility index (Phi) is 3.90. The highest BCUT2D eigenvalue weighted by Gasteiger charge is 2.02. The molecule has 0 atom stereocenters. The fraction of sp³-hybridized carbons (Fsp3) is 0.167. The number of ether oxygens (including phenoxy) is 1. The van der Waals surface area contributed by atoms with E-state index in [0.29, 0.717) is 29.7 Å². The first-order valence-electron chi connectivity index (χ1n) is 5.17. The average molecular weight is 250 g/mol. The summed E-state index contributed by atoms with van der Waals surface area (Å²) in [7, 11) is 0. The van der Waals surface area contributed by atoms with Gasteiger partial charge in [0.2, 0.25) is 5.88 Å². The van der Waals surface area contributed by atoms with Crippen LogP contribution in [0.15, 0.2) is 36.7 Å². The summed E-state index contributed by atoms with van der Waals surface area (Å²) in [6.07, 6.45) is 3.17. The molecule has 0 amide bonds. The minimum Gasteiger partial charge on any atom is -0.472 e. The Morgan fingerprint density at radius 1 is 1.24 bits per heavy atom. The Hall–Kier alpha value is -1.65. The molecule has 0 aliphatic carbocycles. The van der Waals surface area contributed by atoms with E-state index in [4.69, 9.17) is 22.1 Å². The summed E-state index contributed by atoms with van der Waals surface area (Å²) >= 11 is 6.01. The third-order valence-corrected chi connectivity index (χ3v) is 2.57. The monoisotopic (exact) mass is 249 g/mol. The van der Waals surface area contributed by atoms with Crippen molar-refractivity contribution in [2.75, 3.05) is 0 Å². The highest BCUT2D eigenvalue weighted by molar-refractivity contribution is 6.31. The standard InChI is InChI=1S/C12H12ClN3O/c13-11-4-2-1-3-9(11)8-17-12-7-15-6-10(5-14)16-12/h1-4,6-7H,5,8,14H2. The first-order chi connectivity index (χ1) is 8.29. The van der Waals surface area contributed by atoms with Gasteiger partial charge in [0.25, 0.3) is 0 Å². The van der Waals surface area contributed by atoms with Crippen LogP contribution in [0.2, 0.25) is 5.02 Å². The van der Waals surface area contributed by atoms with E-state index in [2.05, 4.69) is 9.97 Å². The summed E-state index contributed by atoms with van der Waals surface area (Å²) in [5.74, 6) is 0.452. The number of aromatic nitrogens is 2. The van der Waals surface area contributed by atoms with Gasteiger partial charge < -0.3 is 10.5 Å². The lowest BCUT2D eigenvalue weighted by Crippen LogP contribution is -2.03. The summed E-state index contributed by atoms with van der Waals surface area (Å²) in [6, 6.07) is 7.51. The van der Waals surface area contributed by atoms with Gasteiger partial charge in [-0.05, 0) is 6.07 Å².